The van der Waals surface area contributed by atoms with Crippen LogP contribution in [0.1, 0.15) is 42.0 Å². The van der Waals surface area contributed by atoms with Gasteiger partial charge in [0, 0.05) is 31.6 Å². The van der Waals surface area contributed by atoms with E-state index in [1.54, 1.807) is 0 Å². The van der Waals surface area contributed by atoms with E-state index >= 15 is 0 Å². The highest BCUT2D eigenvalue weighted by Crippen LogP contribution is 2.32. The highest BCUT2D eigenvalue weighted by atomic mass is 32.2. The zero-order valence-corrected chi connectivity index (χ0v) is 18.3. The normalized spacial score (nSPS) is 17.6. The summed E-state index contributed by atoms with van der Waals surface area (Å²) in [5, 5.41) is 2.67. The van der Waals surface area contributed by atoms with Crippen molar-refractivity contribution in [3.63, 3.8) is 0 Å². The number of hydrogen-bond donors (Lipinski definition) is 2. The lowest BCUT2D eigenvalue weighted by Gasteiger charge is -2.26. The van der Waals surface area contributed by atoms with Gasteiger partial charge in [0.05, 0.1) is 16.5 Å². The Bertz CT molecular complexity index is 1200. The van der Waals surface area contributed by atoms with E-state index in [9.17, 15) is 31.2 Å². The number of fused-ring (bicyclic) bond motifs is 1. The lowest BCUT2D eigenvalue weighted by Crippen LogP contribution is -2.38. The molecule has 0 saturated carbocycles. The molecule has 33 heavy (non-hydrogen) atoms. The Morgan fingerprint density at radius 2 is 1.85 bits per heavy atom. The molecule has 1 atom stereocenters. The van der Waals surface area contributed by atoms with E-state index in [4.69, 9.17) is 0 Å². The SMILES string of the molecule is O=C1CCc2cc(S(=O)(=O)NC(CN3CCCC3=O)c3cccc(C(F)(F)F)c3)ccc2N1. The number of likely N-dealkylation sites (tertiary alicyclic amines) is 1. The van der Waals surface area contributed by atoms with Crippen LogP contribution in [0.25, 0.3) is 0 Å². The number of rotatable bonds is 6. The summed E-state index contributed by atoms with van der Waals surface area (Å²) in [6.07, 6.45) is -3.06. The van der Waals surface area contributed by atoms with Crippen molar-refractivity contribution >= 4 is 27.5 Å². The first-order valence-electron chi connectivity index (χ1n) is 10.4. The number of anilines is 1. The maximum atomic E-state index is 13.3. The number of halogens is 3. The molecule has 2 heterocycles. The third-order valence-corrected chi connectivity index (χ3v) is 7.24. The van der Waals surface area contributed by atoms with Crippen molar-refractivity contribution in [3.05, 3.63) is 59.2 Å². The summed E-state index contributed by atoms with van der Waals surface area (Å²) in [4.78, 5) is 25.1. The third kappa shape index (κ3) is 5.19. The molecule has 4 rings (SSSR count). The van der Waals surface area contributed by atoms with Gasteiger partial charge in [0.25, 0.3) is 0 Å². The molecule has 1 unspecified atom stereocenters. The van der Waals surface area contributed by atoms with Crippen LogP contribution in [0.2, 0.25) is 0 Å². The number of alkyl halides is 3. The van der Waals surface area contributed by atoms with Crippen LogP contribution < -0.4 is 10.0 Å². The van der Waals surface area contributed by atoms with Crippen molar-refractivity contribution in [3.8, 4) is 0 Å². The number of sulfonamides is 1. The standard InChI is InChI=1S/C22H22F3N3O4S/c23-22(24,25)16-4-1-3-14(11-16)19(13-28-10-2-5-21(28)30)27-33(31,32)17-7-8-18-15(12-17)6-9-20(29)26-18/h1,3-4,7-8,11-12,19,27H,2,5-6,9-10,13H2,(H,26,29). The summed E-state index contributed by atoms with van der Waals surface area (Å²) >= 11 is 0. The fourth-order valence-electron chi connectivity index (χ4n) is 4.04. The second kappa shape index (κ2) is 8.79. The lowest BCUT2D eigenvalue weighted by atomic mass is 10.0. The van der Waals surface area contributed by atoms with Crippen molar-refractivity contribution in [2.24, 2.45) is 0 Å². The second-order valence-electron chi connectivity index (χ2n) is 8.11. The molecule has 7 nitrogen and oxygen atoms in total. The molecule has 2 amide bonds. The summed E-state index contributed by atoms with van der Waals surface area (Å²) in [6.45, 7) is 0.328. The molecule has 2 N–H and O–H groups in total. The molecule has 1 saturated heterocycles. The minimum absolute atomic E-state index is 0.0675. The number of aryl methyl sites for hydroxylation is 1. The van der Waals surface area contributed by atoms with Crippen LogP contribution in [0, 0.1) is 0 Å². The Kier molecular flexibility index (Phi) is 6.19. The summed E-state index contributed by atoms with van der Waals surface area (Å²) in [6, 6.07) is 7.63. The maximum absolute atomic E-state index is 13.3. The summed E-state index contributed by atoms with van der Waals surface area (Å²) in [7, 11) is -4.14. The van der Waals surface area contributed by atoms with Gasteiger partial charge in [-0.1, -0.05) is 12.1 Å². The highest BCUT2D eigenvalue weighted by molar-refractivity contribution is 7.89. The average molecular weight is 481 g/mol. The van der Waals surface area contributed by atoms with E-state index in [2.05, 4.69) is 10.0 Å². The van der Waals surface area contributed by atoms with E-state index in [0.717, 1.165) is 12.1 Å². The van der Waals surface area contributed by atoms with Gasteiger partial charge in [-0.2, -0.15) is 13.2 Å². The van der Waals surface area contributed by atoms with Gasteiger partial charge in [-0.15, -0.1) is 0 Å². The minimum Gasteiger partial charge on any atom is -0.341 e. The van der Waals surface area contributed by atoms with E-state index < -0.39 is 27.8 Å². The lowest BCUT2D eigenvalue weighted by molar-refractivity contribution is -0.137. The number of carbonyl (C=O) groups excluding carboxylic acids is 2. The number of nitrogens with one attached hydrogen (secondary N) is 2. The van der Waals surface area contributed by atoms with Gasteiger partial charge < -0.3 is 10.2 Å². The Balaban J connectivity index is 1.66. The van der Waals surface area contributed by atoms with Crippen LogP contribution in [-0.4, -0.2) is 38.2 Å². The van der Waals surface area contributed by atoms with Crippen molar-refractivity contribution in [2.75, 3.05) is 18.4 Å². The molecule has 2 aromatic rings. The van der Waals surface area contributed by atoms with Gasteiger partial charge in [-0.05, 0) is 54.3 Å². The first kappa shape index (κ1) is 23.2. The fraction of sp³-hybridized carbons (Fsp3) is 0.364. The smallest absolute Gasteiger partial charge is 0.341 e. The van der Waals surface area contributed by atoms with Crippen molar-refractivity contribution in [1.29, 1.82) is 0 Å². The quantitative estimate of drug-likeness (QED) is 0.662. The van der Waals surface area contributed by atoms with Crippen LogP contribution in [0.5, 0.6) is 0 Å². The largest absolute Gasteiger partial charge is 0.416 e. The van der Waals surface area contributed by atoms with Gasteiger partial charge >= 0.3 is 6.18 Å². The number of hydrogen-bond acceptors (Lipinski definition) is 4. The van der Waals surface area contributed by atoms with Crippen LogP contribution in [0.4, 0.5) is 18.9 Å². The predicted molar refractivity (Wildman–Crippen MR) is 114 cm³/mol. The summed E-state index contributed by atoms with van der Waals surface area (Å²) < 4.78 is 68.6. The zero-order valence-electron chi connectivity index (χ0n) is 17.5. The molecular formula is C22H22F3N3O4S. The number of nitrogens with zero attached hydrogens (tertiary/aromatic N) is 1. The highest BCUT2D eigenvalue weighted by Gasteiger charge is 2.33. The molecule has 2 aliphatic heterocycles. The molecule has 11 heteroatoms. The molecule has 0 spiro atoms. The van der Waals surface area contributed by atoms with Gasteiger partial charge in [0.15, 0.2) is 0 Å². The molecular weight excluding hydrogens is 459 g/mol. The Hall–Kier alpha value is -2.92. The zero-order chi connectivity index (χ0) is 23.8. The van der Waals surface area contributed by atoms with Crippen molar-refractivity contribution in [2.45, 2.75) is 42.8 Å². The molecule has 176 valence electrons. The first-order valence-corrected chi connectivity index (χ1v) is 11.9. The average Bonchev–Trinajstić information content (AvgIpc) is 3.16. The van der Waals surface area contributed by atoms with Gasteiger partial charge in [0.2, 0.25) is 21.8 Å². The summed E-state index contributed by atoms with van der Waals surface area (Å²) in [5.41, 5.74) is 0.393. The minimum atomic E-state index is -4.59. The van der Waals surface area contributed by atoms with Gasteiger partial charge in [-0.25, -0.2) is 13.1 Å². The monoisotopic (exact) mass is 481 g/mol. The molecule has 0 aliphatic carbocycles. The number of carbonyl (C=O) groups is 2. The fourth-order valence-corrected chi connectivity index (χ4v) is 5.31. The van der Waals surface area contributed by atoms with E-state index in [0.29, 0.717) is 37.1 Å². The number of amides is 2. The third-order valence-electron chi connectivity index (χ3n) is 5.77. The Labute approximate surface area is 189 Å². The van der Waals surface area contributed by atoms with Crippen molar-refractivity contribution in [1.82, 2.24) is 9.62 Å². The van der Waals surface area contributed by atoms with Crippen LogP contribution in [0.3, 0.4) is 0 Å². The van der Waals surface area contributed by atoms with E-state index in [1.165, 1.54) is 35.2 Å². The van der Waals surface area contributed by atoms with E-state index in [1.807, 2.05) is 0 Å². The van der Waals surface area contributed by atoms with Crippen LogP contribution in [-0.2, 0) is 32.2 Å². The molecule has 0 aromatic heterocycles. The molecule has 2 aromatic carbocycles. The number of benzene rings is 2. The second-order valence-corrected chi connectivity index (χ2v) is 9.82. The Morgan fingerprint density at radius 1 is 1.06 bits per heavy atom. The van der Waals surface area contributed by atoms with Crippen molar-refractivity contribution < 1.29 is 31.2 Å². The van der Waals surface area contributed by atoms with Crippen LogP contribution >= 0.6 is 0 Å². The maximum Gasteiger partial charge on any atom is 0.416 e. The molecule has 0 bridgehead atoms. The molecule has 0 radical (unpaired) electrons. The van der Waals surface area contributed by atoms with E-state index in [-0.39, 0.29) is 35.2 Å². The summed E-state index contributed by atoms with van der Waals surface area (Å²) in [5.74, 6) is -0.327. The predicted octanol–water partition coefficient (Wildman–Crippen LogP) is 3.23. The van der Waals surface area contributed by atoms with Gasteiger partial charge in [0.1, 0.15) is 0 Å². The first-order chi connectivity index (χ1) is 15.5. The molecule has 2 aliphatic rings. The van der Waals surface area contributed by atoms with Crippen LogP contribution in [0.15, 0.2) is 47.4 Å². The Morgan fingerprint density at radius 3 is 2.55 bits per heavy atom. The topological polar surface area (TPSA) is 95.6 Å². The molecule has 1 fully saturated rings. The van der Waals surface area contributed by atoms with Gasteiger partial charge in [-0.3, -0.25) is 9.59 Å².